The highest BCUT2D eigenvalue weighted by molar-refractivity contribution is 7.22. The number of unbranched alkanes of at least 4 members (excludes halogenated alkanes) is 1. The van der Waals surface area contributed by atoms with Crippen LogP contribution in [0.15, 0.2) is 42.5 Å². The van der Waals surface area contributed by atoms with Crippen LogP contribution in [-0.4, -0.2) is 106 Å². The number of nitrogens with two attached hydrogens (primary N) is 1. The van der Waals surface area contributed by atoms with Gasteiger partial charge in [0.2, 0.25) is 11.8 Å². The summed E-state index contributed by atoms with van der Waals surface area (Å²) in [7, 11) is 3.18. The number of terminal acetylenes is 1. The monoisotopic (exact) mass is 646 g/mol. The first-order chi connectivity index (χ1) is 22.1. The zero-order valence-electron chi connectivity index (χ0n) is 26.1. The number of benzene rings is 2. The number of anilines is 1. The number of amides is 5. The number of carbonyl (C=O) groups excluding carboxylic acids is 4. The lowest BCUT2D eigenvalue weighted by molar-refractivity contribution is -0.157. The van der Waals surface area contributed by atoms with Gasteiger partial charge in [-0.25, -0.2) is 19.6 Å². The summed E-state index contributed by atoms with van der Waals surface area (Å²) < 4.78 is 6.25. The minimum absolute atomic E-state index is 0.0429. The Morgan fingerprint density at radius 3 is 2.65 bits per heavy atom. The summed E-state index contributed by atoms with van der Waals surface area (Å²) in [5, 5.41) is 6.39. The fourth-order valence-electron chi connectivity index (χ4n) is 5.68. The quantitative estimate of drug-likeness (QED) is 0.253. The lowest BCUT2D eigenvalue weighted by Crippen LogP contribution is -2.66. The molecule has 5 amide bonds. The number of fused-ring (bicyclic) bond motifs is 2. The molecule has 2 saturated heterocycles. The Morgan fingerprint density at radius 2 is 1.96 bits per heavy atom. The van der Waals surface area contributed by atoms with Gasteiger partial charge in [-0.15, -0.1) is 6.42 Å². The number of hydrogen-bond donors (Lipinski definition) is 2. The maximum atomic E-state index is 14.2. The van der Waals surface area contributed by atoms with Gasteiger partial charge < -0.3 is 30.5 Å². The summed E-state index contributed by atoms with van der Waals surface area (Å²) in [5.41, 5.74) is 8.32. The zero-order valence-corrected chi connectivity index (χ0v) is 27.0. The molecule has 0 aliphatic carbocycles. The van der Waals surface area contributed by atoms with Gasteiger partial charge in [-0.05, 0) is 35.7 Å². The van der Waals surface area contributed by atoms with Crippen molar-refractivity contribution in [2.75, 3.05) is 46.0 Å². The second kappa shape index (κ2) is 14.1. The van der Waals surface area contributed by atoms with Gasteiger partial charge in [0.25, 0.3) is 0 Å². The van der Waals surface area contributed by atoms with E-state index in [2.05, 4.69) is 16.2 Å². The van der Waals surface area contributed by atoms with E-state index in [1.54, 1.807) is 53.2 Å². The lowest BCUT2D eigenvalue weighted by Gasteiger charge is -2.46. The molecule has 0 unspecified atom stereocenters. The van der Waals surface area contributed by atoms with Gasteiger partial charge >= 0.3 is 12.1 Å². The molecule has 242 valence electrons. The van der Waals surface area contributed by atoms with Crippen molar-refractivity contribution in [1.82, 2.24) is 35.0 Å². The topological polar surface area (TPSA) is 145 Å². The molecule has 2 fully saturated rings. The standard InChI is InChI=1S/C32H38N8O5S/c1-5-7-15-34-31(43)38(16-6-2)39-20-27(41)40-24(17-21-11-13-23(14-12-21)45-32(44)36(3)4)29(42)37(19-26(39)40)18-22-9-8-10-25-28(22)35-30(33)46-25/h2,8-14,24,26H,5,7,15-20H2,1,3-4H3,(H2,33,35)(H,34,43)/t24-,26+/m0/s1. The molecular weight excluding hydrogens is 608 g/mol. The Balaban J connectivity index is 1.46. The van der Waals surface area contributed by atoms with E-state index in [4.69, 9.17) is 16.9 Å². The molecule has 5 rings (SSSR count). The maximum Gasteiger partial charge on any atom is 0.414 e. The van der Waals surface area contributed by atoms with Gasteiger partial charge in [-0.2, -0.15) is 5.01 Å². The molecule has 0 radical (unpaired) electrons. The number of thiazole rings is 1. The summed E-state index contributed by atoms with van der Waals surface area (Å²) in [5.74, 6) is 2.39. The Bertz CT molecular complexity index is 1650. The predicted octanol–water partition coefficient (Wildman–Crippen LogP) is 2.72. The van der Waals surface area contributed by atoms with Crippen LogP contribution in [0.5, 0.6) is 5.75 Å². The van der Waals surface area contributed by atoms with Crippen molar-refractivity contribution in [3.05, 3.63) is 53.6 Å². The molecule has 2 aromatic carbocycles. The van der Waals surface area contributed by atoms with Crippen LogP contribution in [0.1, 0.15) is 30.9 Å². The average Bonchev–Trinajstić information content (AvgIpc) is 3.57. The predicted molar refractivity (Wildman–Crippen MR) is 174 cm³/mol. The Labute approximate surface area is 271 Å². The largest absolute Gasteiger partial charge is 0.414 e. The maximum absolute atomic E-state index is 14.2. The smallest absolute Gasteiger partial charge is 0.410 e. The first-order valence-electron chi connectivity index (χ1n) is 15.1. The van der Waals surface area contributed by atoms with Crippen molar-refractivity contribution in [3.63, 3.8) is 0 Å². The number of rotatable bonds is 10. The van der Waals surface area contributed by atoms with Gasteiger partial charge in [0.1, 0.15) is 18.0 Å². The first kappa shape index (κ1) is 32.5. The number of nitrogens with zero attached hydrogens (tertiary/aromatic N) is 6. The van der Waals surface area contributed by atoms with E-state index in [0.29, 0.717) is 17.4 Å². The van der Waals surface area contributed by atoms with E-state index >= 15 is 0 Å². The summed E-state index contributed by atoms with van der Waals surface area (Å²) in [6, 6.07) is 11.3. The third-order valence-electron chi connectivity index (χ3n) is 7.96. The van der Waals surface area contributed by atoms with E-state index in [9.17, 15) is 19.2 Å². The third kappa shape index (κ3) is 6.85. The van der Waals surface area contributed by atoms with E-state index in [-0.39, 0.29) is 44.4 Å². The van der Waals surface area contributed by atoms with Crippen molar-refractivity contribution in [2.24, 2.45) is 0 Å². The molecule has 1 aromatic heterocycles. The highest BCUT2D eigenvalue weighted by Crippen LogP contribution is 2.32. The number of carbonyl (C=O) groups is 4. The molecule has 14 heteroatoms. The van der Waals surface area contributed by atoms with E-state index < -0.39 is 24.3 Å². The zero-order chi connectivity index (χ0) is 33.0. The molecule has 2 atom stereocenters. The van der Waals surface area contributed by atoms with Crippen LogP contribution in [0.4, 0.5) is 14.7 Å². The number of nitrogens with one attached hydrogen (secondary N) is 1. The second-order valence-corrected chi connectivity index (χ2v) is 12.4. The number of piperazine rings is 1. The molecule has 2 aliphatic rings. The number of hydrogen-bond acceptors (Lipinski definition) is 9. The molecule has 3 heterocycles. The molecule has 3 N–H and O–H groups in total. The number of aromatic nitrogens is 1. The fraction of sp³-hybridized carbons (Fsp3) is 0.406. The van der Waals surface area contributed by atoms with Crippen molar-refractivity contribution in [1.29, 1.82) is 0 Å². The van der Waals surface area contributed by atoms with Gasteiger partial charge in [0.05, 0.1) is 29.9 Å². The summed E-state index contributed by atoms with van der Waals surface area (Å²) >= 11 is 1.37. The molecule has 2 aliphatic heterocycles. The summed E-state index contributed by atoms with van der Waals surface area (Å²) in [4.78, 5) is 62.3. The van der Waals surface area contributed by atoms with E-state index in [1.807, 2.05) is 25.1 Å². The van der Waals surface area contributed by atoms with Crippen LogP contribution in [-0.2, 0) is 22.6 Å². The summed E-state index contributed by atoms with van der Waals surface area (Å²) in [6.07, 6.45) is 6.44. The molecule has 0 bridgehead atoms. The fourth-order valence-corrected chi connectivity index (χ4v) is 6.47. The normalized spacial score (nSPS) is 18.0. The molecule has 13 nitrogen and oxygen atoms in total. The first-order valence-corrected chi connectivity index (χ1v) is 15.9. The van der Waals surface area contributed by atoms with Crippen molar-refractivity contribution < 1.29 is 23.9 Å². The molecule has 0 saturated carbocycles. The average molecular weight is 647 g/mol. The van der Waals surface area contributed by atoms with Crippen LogP contribution in [0.2, 0.25) is 0 Å². The number of para-hydroxylation sites is 1. The van der Waals surface area contributed by atoms with Crippen LogP contribution in [0.3, 0.4) is 0 Å². The highest BCUT2D eigenvalue weighted by Gasteiger charge is 2.52. The number of urea groups is 1. The molecular formula is C32H38N8O5S. The van der Waals surface area contributed by atoms with E-state index in [1.165, 1.54) is 21.2 Å². The van der Waals surface area contributed by atoms with Gasteiger partial charge in [0, 0.05) is 33.6 Å². The molecule has 0 spiro atoms. The van der Waals surface area contributed by atoms with Crippen LogP contribution in [0, 0.1) is 12.3 Å². The number of nitrogen functional groups attached to an aromatic ring is 1. The highest BCUT2D eigenvalue weighted by atomic mass is 32.1. The second-order valence-electron chi connectivity index (χ2n) is 11.4. The minimum Gasteiger partial charge on any atom is -0.410 e. The molecule has 3 aromatic rings. The molecule has 46 heavy (non-hydrogen) atoms. The SMILES string of the molecule is C#CCN(C(=O)NCCCC)N1CC(=O)N2[C@@H](Cc3ccc(OC(=O)N(C)C)cc3)C(=O)N(Cc3cccc4sc(N)nc34)C[C@@H]21. The number of ether oxygens (including phenoxy) is 1. The van der Waals surface area contributed by atoms with Crippen molar-refractivity contribution in [3.8, 4) is 18.1 Å². The van der Waals surface area contributed by atoms with Crippen LogP contribution >= 0.6 is 11.3 Å². The van der Waals surface area contributed by atoms with E-state index in [0.717, 1.165) is 34.2 Å². The minimum atomic E-state index is -0.859. The Morgan fingerprint density at radius 1 is 1.20 bits per heavy atom. The van der Waals surface area contributed by atoms with Crippen LogP contribution < -0.4 is 15.8 Å². The lowest BCUT2D eigenvalue weighted by atomic mass is 9.99. The van der Waals surface area contributed by atoms with Gasteiger partial charge in [-0.3, -0.25) is 9.59 Å². The number of hydrazine groups is 1. The van der Waals surface area contributed by atoms with Gasteiger partial charge in [-0.1, -0.05) is 54.9 Å². The Hall–Kier alpha value is -4.87. The van der Waals surface area contributed by atoms with Crippen molar-refractivity contribution >= 4 is 50.6 Å². The van der Waals surface area contributed by atoms with Gasteiger partial charge in [0.15, 0.2) is 5.13 Å². The summed E-state index contributed by atoms with van der Waals surface area (Å²) in [6.45, 7) is 2.74. The Kier molecular flexibility index (Phi) is 9.93. The third-order valence-corrected chi connectivity index (χ3v) is 8.81. The van der Waals surface area contributed by atoms with Crippen LogP contribution in [0.25, 0.3) is 10.2 Å². The van der Waals surface area contributed by atoms with Crippen molar-refractivity contribution in [2.45, 2.75) is 44.9 Å².